The Morgan fingerprint density at radius 2 is 1.46 bits per heavy atom. The van der Waals surface area contributed by atoms with Crippen molar-refractivity contribution >= 4 is 69.9 Å². The third kappa shape index (κ3) is 22.2. The molecule has 0 spiro atoms. The van der Waals surface area contributed by atoms with E-state index in [0.29, 0.717) is 63.9 Å². The number of anilines is 2. The van der Waals surface area contributed by atoms with E-state index in [9.17, 15) is 56.6 Å². The number of nitrogens with one attached hydrogen (secondary N) is 7. The summed E-state index contributed by atoms with van der Waals surface area (Å²) in [5.41, 5.74) is 7.55. The van der Waals surface area contributed by atoms with Gasteiger partial charge in [-0.25, -0.2) is 37.5 Å². The van der Waals surface area contributed by atoms with Crippen molar-refractivity contribution in [3.63, 3.8) is 0 Å². The summed E-state index contributed by atoms with van der Waals surface area (Å²) in [7, 11) is 0. The topological polar surface area (TPSA) is 368 Å². The van der Waals surface area contributed by atoms with Crippen molar-refractivity contribution in [3.8, 4) is 28.4 Å². The number of carboxylic acid groups (broad SMARTS) is 1. The number of alkyl carbamates (subject to hydrolysis) is 1. The number of hydrogen-bond acceptors (Lipinski definition) is 18. The molecular weight excluding hydrogens is 1210 g/mol. The third-order valence-electron chi connectivity index (χ3n) is 13.6. The molecule has 3 aromatic heterocycles. The van der Waals surface area contributed by atoms with Crippen molar-refractivity contribution in [3.05, 3.63) is 132 Å². The number of nitrogens with two attached hydrogens (primary N) is 1. The number of carbonyl (C=O) groups excluding carboxylic acids is 7. The molecule has 4 heterocycles. The van der Waals surface area contributed by atoms with Gasteiger partial charge in [-0.1, -0.05) is 38.1 Å². The quantitative estimate of drug-likeness (QED) is 0.0164. The summed E-state index contributed by atoms with van der Waals surface area (Å²) in [4.78, 5) is 116. The maximum absolute atomic E-state index is 14.2. The first-order valence-corrected chi connectivity index (χ1v) is 29.2. The fourth-order valence-electron chi connectivity index (χ4n) is 8.95. The second kappa shape index (κ2) is 35.4. The molecular formula is C62H71F3N12O15. The number of H-pyrrole nitrogens is 1. The smallest absolute Gasteiger partial charge is 0.407 e. The lowest BCUT2D eigenvalue weighted by Crippen LogP contribution is -2.54. The number of imidazole rings is 1. The average Bonchev–Trinajstić information content (AvgIpc) is 1.57. The van der Waals surface area contributed by atoms with Gasteiger partial charge in [-0.05, 0) is 85.0 Å². The standard InChI is InChI=1S/C62H71F3N12O15/c1-37(2)54(76-51(78)16-20-87-23-25-89-27-28-90-26-24-88-22-19-77-52(79)14-15-53(77)80)59(82)73-49(7-4-17-67-61(66)85)58(81)71-43-11-8-38(9-12-43)36-92-62(86)68-18-21-91-45-32-40-29-39(10-13-46(40)70-34-45)55-56(47-5-3-6-48(72-47)57(64)65)75-50(74-55)35-69-44-31-41(60(83)84)30-42(63)33-44/h3,5-6,8-15,29-34,37,49,54,57,69H,4,7,16-28,35-36H2,1-2H3,(H,68,86)(H,71,81)(H,73,82)(H,74,75)(H,76,78)(H,83,84)(H3,66,67,85)/t49?,54-/m0/s1. The molecule has 10 N–H and O–H groups in total. The zero-order chi connectivity index (χ0) is 65.9. The van der Waals surface area contributed by atoms with Crippen molar-refractivity contribution in [2.75, 3.05) is 89.7 Å². The molecule has 0 saturated carbocycles. The molecule has 3 aromatic carbocycles. The average molecular weight is 1280 g/mol. The lowest BCUT2D eigenvalue weighted by atomic mass is 10.0. The van der Waals surface area contributed by atoms with Gasteiger partial charge in [0, 0.05) is 47.4 Å². The Bertz CT molecular complexity index is 3540. The van der Waals surface area contributed by atoms with E-state index in [0.717, 1.165) is 17.0 Å². The summed E-state index contributed by atoms with van der Waals surface area (Å²) < 4.78 is 74.9. The van der Waals surface area contributed by atoms with Gasteiger partial charge >= 0.3 is 18.1 Å². The van der Waals surface area contributed by atoms with E-state index in [1.54, 1.807) is 68.4 Å². The van der Waals surface area contributed by atoms with Gasteiger partial charge in [0.05, 0.1) is 107 Å². The van der Waals surface area contributed by atoms with E-state index < -0.39 is 65.8 Å². The first-order valence-electron chi connectivity index (χ1n) is 29.2. The van der Waals surface area contributed by atoms with E-state index >= 15 is 0 Å². The Morgan fingerprint density at radius 3 is 2.14 bits per heavy atom. The molecule has 0 bridgehead atoms. The minimum Gasteiger partial charge on any atom is -0.490 e. The minimum atomic E-state index is -2.85. The minimum absolute atomic E-state index is 0.0157. The van der Waals surface area contributed by atoms with Crippen LogP contribution in [-0.4, -0.2) is 169 Å². The SMILES string of the molecule is CC(C)[C@H](NC(=O)CCOCCOCCOCCOCCN1C(=O)C=CC1=O)C(=O)NC(CCCNC(N)=O)C(=O)Nc1ccc(COC(=O)NCCOc2cnc3ccc(-c4nc(CNc5cc(F)cc(C(=O)O)c5)[nH]c4-c4cccc(C(F)F)n4)cc3c2)cc1. The van der Waals surface area contributed by atoms with Crippen LogP contribution in [0.3, 0.4) is 0 Å². The van der Waals surface area contributed by atoms with Crippen LogP contribution in [-0.2, 0) is 60.8 Å². The number of aromatic amines is 1. The number of rotatable bonds is 38. The molecule has 30 heteroatoms. The highest BCUT2D eigenvalue weighted by Gasteiger charge is 2.29. The predicted molar refractivity (Wildman–Crippen MR) is 326 cm³/mol. The summed E-state index contributed by atoms with van der Waals surface area (Å²) >= 11 is 0. The number of primary amides is 1. The van der Waals surface area contributed by atoms with E-state index in [1.165, 1.54) is 36.5 Å². The van der Waals surface area contributed by atoms with Crippen LogP contribution in [0.1, 0.15) is 67.0 Å². The molecule has 6 aromatic rings. The van der Waals surface area contributed by atoms with Crippen LogP contribution in [0.15, 0.2) is 103 Å². The normalized spacial score (nSPS) is 12.7. The van der Waals surface area contributed by atoms with Crippen LogP contribution in [0.4, 0.5) is 34.1 Å². The van der Waals surface area contributed by atoms with Crippen molar-refractivity contribution in [1.82, 2.24) is 46.1 Å². The van der Waals surface area contributed by atoms with Gasteiger partial charge in [-0.15, -0.1) is 0 Å². The second-order valence-electron chi connectivity index (χ2n) is 20.8. The van der Waals surface area contributed by atoms with Crippen molar-refractivity contribution < 1.29 is 85.1 Å². The second-order valence-corrected chi connectivity index (χ2v) is 20.8. The Hall–Kier alpha value is -10.0. The van der Waals surface area contributed by atoms with E-state index in [4.69, 9.17) is 39.1 Å². The number of aromatic carboxylic acids is 1. The van der Waals surface area contributed by atoms with Crippen LogP contribution in [0.2, 0.25) is 0 Å². The molecule has 7 rings (SSSR count). The van der Waals surface area contributed by atoms with Gasteiger partial charge in [0.25, 0.3) is 18.2 Å². The Morgan fingerprint density at radius 1 is 0.750 bits per heavy atom. The molecule has 0 saturated heterocycles. The number of carbonyl (C=O) groups is 8. The van der Waals surface area contributed by atoms with Gasteiger partial charge in [0.1, 0.15) is 48.4 Å². The highest BCUT2D eigenvalue weighted by molar-refractivity contribution is 6.12. The van der Waals surface area contributed by atoms with Gasteiger partial charge in [0.2, 0.25) is 17.7 Å². The van der Waals surface area contributed by atoms with Gasteiger partial charge in [-0.2, -0.15) is 0 Å². The molecule has 1 aliphatic heterocycles. The van der Waals surface area contributed by atoms with Gasteiger partial charge in [-0.3, -0.25) is 33.9 Å². The fourth-order valence-corrected chi connectivity index (χ4v) is 8.95. The number of aromatic nitrogens is 4. The molecule has 1 unspecified atom stereocenters. The van der Waals surface area contributed by atoms with Gasteiger partial charge < -0.3 is 76.1 Å². The number of carboxylic acids is 1. The van der Waals surface area contributed by atoms with Crippen LogP contribution in [0.25, 0.3) is 33.5 Å². The summed E-state index contributed by atoms with van der Waals surface area (Å²) in [6.45, 7) is 5.46. The summed E-state index contributed by atoms with van der Waals surface area (Å²) in [5, 5.41) is 26.2. The monoisotopic (exact) mass is 1280 g/mol. The Balaban J connectivity index is 0.826. The molecule has 0 aliphatic carbocycles. The molecule has 490 valence electrons. The van der Waals surface area contributed by atoms with Crippen molar-refractivity contribution in [2.24, 2.45) is 11.7 Å². The van der Waals surface area contributed by atoms with Crippen LogP contribution < -0.4 is 42.4 Å². The zero-order valence-electron chi connectivity index (χ0n) is 50.3. The summed E-state index contributed by atoms with van der Waals surface area (Å²) in [6, 6.07) is 17.9. The van der Waals surface area contributed by atoms with Crippen molar-refractivity contribution in [2.45, 2.75) is 64.8 Å². The number of imide groups is 1. The lowest BCUT2D eigenvalue weighted by Gasteiger charge is -2.25. The number of benzene rings is 3. The molecule has 2 atom stereocenters. The molecule has 8 amide bonds. The molecule has 92 heavy (non-hydrogen) atoms. The highest BCUT2D eigenvalue weighted by Crippen LogP contribution is 2.33. The van der Waals surface area contributed by atoms with Crippen LogP contribution in [0.5, 0.6) is 5.75 Å². The summed E-state index contributed by atoms with van der Waals surface area (Å²) in [5.74, 6) is -4.19. The number of halogens is 3. The van der Waals surface area contributed by atoms with Gasteiger partial charge in [0.15, 0.2) is 0 Å². The Kier molecular flexibility index (Phi) is 26.7. The highest BCUT2D eigenvalue weighted by atomic mass is 19.3. The van der Waals surface area contributed by atoms with E-state index in [1.807, 2.05) is 0 Å². The molecule has 1 aliphatic rings. The number of alkyl halides is 2. The van der Waals surface area contributed by atoms with E-state index in [2.05, 4.69) is 46.9 Å². The predicted octanol–water partition coefficient (Wildman–Crippen LogP) is 5.77. The number of hydrogen-bond donors (Lipinski definition) is 9. The third-order valence-corrected chi connectivity index (χ3v) is 13.6. The fraction of sp³-hybridized carbons (Fsp3) is 0.371. The number of fused-ring (bicyclic) bond motifs is 1. The number of amides is 8. The molecule has 0 radical (unpaired) electrons. The maximum atomic E-state index is 14.2. The van der Waals surface area contributed by atoms with Crippen molar-refractivity contribution in [1.29, 1.82) is 0 Å². The first-order chi connectivity index (χ1) is 44.3. The van der Waals surface area contributed by atoms with Crippen LogP contribution >= 0.6 is 0 Å². The van der Waals surface area contributed by atoms with E-state index in [-0.39, 0.29) is 133 Å². The molecule has 0 fully saturated rings. The number of pyridine rings is 2. The number of urea groups is 1. The maximum Gasteiger partial charge on any atom is 0.407 e. The first kappa shape index (κ1) is 69.4. The largest absolute Gasteiger partial charge is 0.490 e. The number of ether oxygens (including phenoxy) is 6. The van der Waals surface area contributed by atoms with Crippen LogP contribution in [0, 0.1) is 11.7 Å². The number of nitrogens with zero attached hydrogens (tertiary/aromatic N) is 4. The lowest BCUT2D eigenvalue weighted by molar-refractivity contribution is -0.137. The molecule has 27 nitrogen and oxygen atoms in total. The zero-order valence-corrected chi connectivity index (χ0v) is 50.3. The Labute approximate surface area is 525 Å². The summed E-state index contributed by atoms with van der Waals surface area (Å²) in [6.07, 6.45) is 0.623.